The molecule has 1 saturated carbocycles. The van der Waals surface area contributed by atoms with Crippen LogP contribution < -0.4 is 4.74 Å². The standard InChI is InChI=1S/C10H10IN3O/c1-15-8-5-14-10(7(11)4-12-14)13-9(8)6-2-3-6/h4-6H,2-3H2,1H3. The van der Waals surface area contributed by atoms with Gasteiger partial charge in [-0.1, -0.05) is 0 Å². The van der Waals surface area contributed by atoms with E-state index in [9.17, 15) is 0 Å². The second kappa shape index (κ2) is 3.33. The second-order valence-electron chi connectivity index (χ2n) is 3.73. The van der Waals surface area contributed by atoms with Gasteiger partial charge in [-0.15, -0.1) is 0 Å². The molecule has 0 saturated heterocycles. The van der Waals surface area contributed by atoms with Gasteiger partial charge in [0.1, 0.15) is 0 Å². The average molecular weight is 315 g/mol. The topological polar surface area (TPSA) is 39.4 Å². The van der Waals surface area contributed by atoms with Crippen LogP contribution in [0.5, 0.6) is 5.75 Å². The van der Waals surface area contributed by atoms with E-state index in [0.29, 0.717) is 5.92 Å². The van der Waals surface area contributed by atoms with Crippen molar-refractivity contribution >= 4 is 28.2 Å². The van der Waals surface area contributed by atoms with Crippen LogP contribution in [0, 0.1) is 3.57 Å². The van der Waals surface area contributed by atoms with Crippen LogP contribution in [-0.4, -0.2) is 21.7 Å². The fourth-order valence-electron chi connectivity index (χ4n) is 1.69. The highest BCUT2D eigenvalue weighted by molar-refractivity contribution is 14.1. The molecule has 0 amide bonds. The molecule has 3 rings (SSSR count). The third-order valence-electron chi connectivity index (χ3n) is 2.63. The van der Waals surface area contributed by atoms with Crippen LogP contribution in [0.3, 0.4) is 0 Å². The number of aromatic nitrogens is 3. The Morgan fingerprint density at radius 2 is 2.33 bits per heavy atom. The molecule has 15 heavy (non-hydrogen) atoms. The van der Waals surface area contributed by atoms with Crippen LogP contribution >= 0.6 is 22.6 Å². The molecule has 1 fully saturated rings. The smallest absolute Gasteiger partial charge is 0.168 e. The molecule has 4 nitrogen and oxygen atoms in total. The molecule has 0 atom stereocenters. The Morgan fingerprint density at radius 3 is 3.00 bits per heavy atom. The van der Waals surface area contributed by atoms with E-state index >= 15 is 0 Å². The molecular formula is C10H10IN3O. The summed E-state index contributed by atoms with van der Waals surface area (Å²) in [6.45, 7) is 0. The predicted octanol–water partition coefficient (Wildman–Crippen LogP) is 2.22. The highest BCUT2D eigenvalue weighted by atomic mass is 127. The number of nitrogens with zero attached hydrogens (tertiary/aromatic N) is 3. The van der Waals surface area contributed by atoms with E-state index in [4.69, 9.17) is 4.74 Å². The van der Waals surface area contributed by atoms with Crippen LogP contribution in [-0.2, 0) is 0 Å². The van der Waals surface area contributed by atoms with Gasteiger partial charge in [0.15, 0.2) is 11.4 Å². The highest BCUT2D eigenvalue weighted by Crippen LogP contribution is 2.43. The second-order valence-corrected chi connectivity index (χ2v) is 4.89. The van der Waals surface area contributed by atoms with Gasteiger partial charge in [-0.3, -0.25) is 0 Å². The molecule has 0 radical (unpaired) electrons. The minimum atomic E-state index is 0.593. The Balaban J connectivity index is 2.25. The Kier molecular flexibility index (Phi) is 2.08. The fraction of sp³-hybridized carbons (Fsp3) is 0.400. The molecule has 0 bridgehead atoms. The molecule has 78 valence electrons. The quantitative estimate of drug-likeness (QED) is 0.798. The SMILES string of the molecule is COc1cn2ncc(I)c2nc1C1CC1. The molecule has 0 spiro atoms. The van der Waals surface area contributed by atoms with E-state index < -0.39 is 0 Å². The van der Waals surface area contributed by atoms with Crippen LogP contribution in [0.25, 0.3) is 5.65 Å². The lowest BCUT2D eigenvalue weighted by molar-refractivity contribution is 0.403. The van der Waals surface area contributed by atoms with Gasteiger partial charge in [0.25, 0.3) is 0 Å². The predicted molar refractivity (Wildman–Crippen MR) is 64.2 cm³/mol. The summed E-state index contributed by atoms with van der Waals surface area (Å²) in [5.41, 5.74) is 2.02. The zero-order chi connectivity index (χ0) is 10.4. The van der Waals surface area contributed by atoms with Gasteiger partial charge in [-0.2, -0.15) is 5.10 Å². The third kappa shape index (κ3) is 1.49. The summed E-state index contributed by atoms with van der Waals surface area (Å²) in [5, 5.41) is 4.21. The Labute approximate surface area is 101 Å². The molecule has 2 aromatic rings. The molecule has 2 aromatic heterocycles. The number of fused-ring (bicyclic) bond motifs is 1. The van der Waals surface area contributed by atoms with Crippen molar-refractivity contribution in [2.24, 2.45) is 0 Å². The van der Waals surface area contributed by atoms with Gasteiger partial charge >= 0.3 is 0 Å². The van der Waals surface area contributed by atoms with Crippen molar-refractivity contribution in [2.75, 3.05) is 7.11 Å². The summed E-state index contributed by atoms with van der Waals surface area (Å²) in [6.07, 6.45) is 6.19. The van der Waals surface area contributed by atoms with Crippen LogP contribution in [0.4, 0.5) is 0 Å². The molecule has 2 heterocycles. The van der Waals surface area contributed by atoms with Gasteiger partial charge < -0.3 is 4.74 Å². The average Bonchev–Trinajstić information content (AvgIpc) is 3.04. The molecule has 0 N–H and O–H groups in total. The van der Waals surface area contributed by atoms with E-state index in [-0.39, 0.29) is 0 Å². The van der Waals surface area contributed by atoms with E-state index in [2.05, 4.69) is 32.7 Å². The van der Waals surface area contributed by atoms with Crippen molar-refractivity contribution in [3.63, 3.8) is 0 Å². The van der Waals surface area contributed by atoms with Crippen molar-refractivity contribution in [3.8, 4) is 5.75 Å². The maximum absolute atomic E-state index is 5.34. The van der Waals surface area contributed by atoms with Crippen molar-refractivity contribution in [1.29, 1.82) is 0 Å². The van der Waals surface area contributed by atoms with Gasteiger partial charge in [-0.25, -0.2) is 9.50 Å². The maximum Gasteiger partial charge on any atom is 0.168 e. The molecular weight excluding hydrogens is 305 g/mol. The Bertz CT molecular complexity index is 519. The molecule has 0 aromatic carbocycles. The number of methoxy groups -OCH3 is 1. The molecule has 0 unspecified atom stereocenters. The third-order valence-corrected chi connectivity index (χ3v) is 3.39. The number of hydrogen-bond donors (Lipinski definition) is 0. The Hall–Kier alpha value is -0.850. The summed E-state index contributed by atoms with van der Waals surface area (Å²) in [5.74, 6) is 1.44. The minimum absolute atomic E-state index is 0.593. The van der Waals surface area contributed by atoms with Gasteiger partial charge in [0.05, 0.1) is 28.8 Å². The number of rotatable bonds is 2. The summed E-state index contributed by atoms with van der Waals surface area (Å²) in [4.78, 5) is 4.64. The van der Waals surface area contributed by atoms with Crippen molar-refractivity contribution in [1.82, 2.24) is 14.6 Å². The van der Waals surface area contributed by atoms with Crippen LogP contribution in [0.1, 0.15) is 24.5 Å². The molecule has 1 aliphatic carbocycles. The first-order valence-corrected chi connectivity index (χ1v) is 5.95. The lowest BCUT2D eigenvalue weighted by Crippen LogP contribution is -1.99. The van der Waals surface area contributed by atoms with Gasteiger partial charge in [-0.05, 0) is 35.4 Å². The van der Waals surface area contributed by atoms with Crippen LogP contribution in [0.15, 0.2) is 12.4 Å². The van der Waals surface area contributed by atoms with Crippen molar-refractivity contribution in [2.45, 2.75) is 18.8 Å². The van der Waals surface area contributed by atoms with Gasteiger partial charge in [0, 0.05) is 5.92 Å². The summed E-state index contributed by atoms with van der Waals surface area (Å²) < 4.78 is 8.19. The van der Waals surface area contributed by atoms with Crippen molar-refractivity contribution < 1.29 is 4.74 Å². The highest BCUT2D eigenvalue weighted by Gasteiger charge is 2.29. The first-order chi connectivity index (χ1) is 7.29. The minimum Gasteiger partial charge on any atom is -0.493 e. The largest absolute Gasteiger partial charge is 0.493 e. The lowest BCUT2D eigenvalue weighted by atomic mass is 10.2. The van der Waals surface area contributed by atoms with Crippen LogP contribution in [0.2, 0.25) is 0 Å². The van der Waals surface area contributed by atoms with E-state index in [1.165, 1.54) is 12.8 Å². The van der Waals surface area contributed by atoms with E-state index in [1.54, 1.807) is 11.6 Å². The van der Waals surface area contributed by atoms with Gasteiger partial charge in [0.2, 0.25) is 0 Å². The van der Waals surface area contributed by atoms with Crippen molar-refractivity contribution in [3.05, 3.63) is 21.7 Å². The molecule has 1 aliphatic rings. The summed E-state index contributed by atoms with van der Waals surface area (Å²) in [6, 6.07) is 0. The first kappa shape index (κ1) is 9.38. The van der Waals surface area contributed by atoms with E-state index in [0.717, 1.165) is 20.7 Å². The monoisotopic (exact) mass is 315 g/mol. The lowest BCUT2D eigenvalue weighted by Gasteiger charge is -2.06. The fourth-order valence-corrected chi connectivity index (χ4v) is 2.18. The number of hydrogen-bond acceptors (Lipinski definition) is 3. The zero-order valence-electron chi connectivity index (χ0n) is 8.27. The number of ether oxygens (including phenoxy) is 1. The summed E-state index contributed by atoms with van der Waals surface area (Å²) in [7, 11) is 1.68. The molecule has 5 heteroatoms. The number of halogens is 1. The molecule has 0 aliphatic heterocycles. The summed E-state index contributed by atoms with van der Waals surface area (Å²) >= 11 is 2.25. The van der Waals surface area contributed by atoms with E-state index in [1.807, 2.05) is 12.4 Å². The Morgan fingerprint density at radius 1 is 1.53 bits per heavy atom. The normalized spacial score (nSPS) is 15.9. The first-order valence-electron chi connectivity index (χ1n) is 4.87. The zero-order valence-corrected chi connectivity index (χ0v) is 10.4. The maximum atomic E-state index is 5.34.